The van der Waals surface area contributed by atoms with E-state index in [0.29, 0.717) is 16.7 Å². The lowest BCUT2D eigenvalue weighted by molar-refractivity contribution is 0.0600. The van der Waals surface area contributed by atoms with Crippen molar-refractivity contribution in [2.75, 3.05) is 7.11 Å². The van der Waals surface area contributed by atoms with Crippen molar-refractivity contribution < 1.29 is 9.53 Å². The quantitative estimate of drug-likeness (QED) is 0.582. The summed E-state index contributed by atoms with van der Waals surface area (Å²) in [5.41, 5.74) is 2.44. The summed E-state index contributed by atoms with van der Waals surface area (Å²) in [6, 6.07) is 3.50. The van der Waals surface area contributed by atoms with Gasteiger partial charge >= 0.3 is 5.97 Å². The lowest BCUT2D eigenvalue weighted by Gasteiger charge is -2.02. The van der Waals surface area contributed by atoms with Gasteiger partial charge in [0.25, 0.3) is 0 Å². The van der Waals surface area contributed by atoms with Crippen LogP contribution in [0.4, 0.5) is 0 Å². The largest absolute Gasteiger partial charge is 0.465 e. The summed E-state index contributed by atoms with van der Waals surface area (Å²) < 4.78 is 6.33. The molecule has 6 nitrogen and oxygen atoms in total. The Balaban J connectivity index is 2.35. The van der Waals surface area contributed by atoms with Crippen molar-refractivity contribution in [2.24, 2.45) is 0 Å². The van der Waals surface area contributed by atoms with Gasteiger partial charge in [0.1, 0.15) is 5.52 Å². The lowest BCUT2D eigenvalue weighted by Crippen LogP contribution is -2.03. The minimum absolute atomic E-state index is 0.379. The second-order valence-electron chi connectivity index (χ2n) is 3.48. The minimum atomic E-state index is -0.427. The zero-order chi connectivity index (χ0) is 11.8. The molecule has 0 aliphatic carbocycles. The van der Waals surface area contributed by atoms with E-state index in [1.54, 1.807) is 23.0 Å². The van der Waals surface area contributed by atoms with Crippen LogP contribution in [0.5, 0.6) is 0 Å². The van der Waals surface area contributed by atoms with Crippen molar-refractivity contribution in [2.45, 2.75) is 0 Å². The van der Waals surface area contributed by atoms with Gasteiger partial charge in [0, 0.05) is 6.20 Å². The highest BCUT2D eigenvalue weighted by Gasteiger charge is 2.09. The second kappa shape index (κ2) is 3.51. The van der Waals surface area contributed by atoms with E-state index in [4.69, 9.17) is 0 Å². The fourth-order valence-electron chi connectivity index (χ4n) is 1.67. The predicted octanol–water partition coefficient (Wildman–Crippen LogP) is 1.06. The molecular formula is C11H8N4O2. The number of pyridine rings is 1. The number of nitrogens with zero attached hydrogens (tertiary/aromatic N) is 4. The molecule has 0 saturated carbocycles. The summed E-state index contributed by atoms with van der Waals surface area (Å²) in [7, 11) is 1.33. The minimum Gasteiger partial charge on any atom is -0.465 e. The zero-order valence-electron chi connectivity index (χ0n) is 8.99. The Morgan fingerprint density at radius 2 is 2.18 bits per heavy atom. The number of hydrogen-bond donors (Lipinski definition) is 0. The molecule has 0 radical (unpaired) electrons. The Bertz CT molecular complexity index is 720. The molecule has 0 aliphatic heterocycles. The molecular weight excluding hydrogens is 220 g/mol. The Kier molecular flexibility index (Phi) is 2.01. The summed E-state index contributed by atoms with van der Waals surface area (Å²) in [5.74, 6) is -0.427. The number of methoxy groups -OCH3 is 1. The van der Waals surface area contributed by atoms with Gasteiger partial charge < -0.3 is 4.74 Å². The van der Waals surface area contributed by atoms with Crippen LogP contribution in [0.2, 0.25) is 0 Å². The van der Waals surface area contributed by atoms with Crippen LogP contribution in [0.25, 0.3) is 16.7 Å². The number of ether oxygens (including phenoxy) is 1. The number of hydrogen-bond acceptors (Lipinski definition) is 5. The first kappa shape index (κ1) is 9.71. The second-order valence-corrected chi connectivity index (χ2v) is 3.48. The molecule has 0 saturated heterocycles. The molecule has 84 valence electrons. The average molecular weight is 228 g/mol. The Hall–Kier alpha value is -2.50. The number of carbonyl (C=O) groups excluding carboxylic acids is 1. The number of fused-ring (bicyclic) bond motifs is 3. The van der Waals surface area contributed by atoms with E-state index in [-0.39, 0.29) is 0 Å². The predicted molar refractivity (Wildman–Crippen MR) is 59.6 cm³/mol. The Labute approximate surface area is 95.9 Å². The van der Waals surface area contributed by atoms with Crippen LogP contribution < -0.4 is 0 Å². The normalized spacial score (nSPS) is 10.9. The standard InChI is InChI=1S/C11H8N4O2/c1-17-11(16)7-4-9-10(12-5-7)13-6-8-2-3-14-15(8)9/h2-6H,1H3. The highest BCUT2D eigenvalue weighted by Crippen LogP contribution is 2.13. The van der Waals surface area contributed by atoms with Gasteiger partial charge in [-0.15, -0.1) is 0 Å². The molecule has 3 aromatic heterocycles. The van der Waals surface area contributed by atoms with Crippen molar-refractivity contribution in [3.05, 3.63) is 36.3 Å². The van der Waals surface area contributed by atoms with Crippen molar-refractivity contribution in [1.82, 2.24) is 19.6 Å². The highest BCUT2D eigenvalue weighted by atomic mass is 16.5. The lowest BCUT2D eigenvalue weighted by atomic mass is 10.2. The molecule has 0 bridgehead atoms. The van der Waals surface area contributed by atoms with Crippen LogP contribution >= 0.6 is 0 Å². The van der Waals surface area contributed by atoms with Crippen LogP contribution in [0.1, 0.15) is 10.4 Å². The SMILES string of the molecule is COC(=O)c1cnc2ncc3ccnn3c2c1. The summed E-state index contributed by atoms with van der Waals surface area (Å²) in [6.45, 7) is 0. The number of esters is 1. The van der Waals surface area contributed by atoms with Crippen molar-refractivity contribution >= 4 is 22.6 Å². The van der Waals surface area contributed by atoms with Crippen molar-refractivity contribution in [1.29, 1.82) is 0 Å². The first-order valence-corrected chi connectivity index (χ1v) is 4.96. The Morgan fingerprint density at radius 3 is 3.00 bits per heavy atom. The van der Waals surface area contributed by atoms with Crippen LogP contribution in [0.15, 0.2) is 30.7 Å². The molecule has 0 fully saturated rings. The van der Waals surface area contributed by atoms with Gasteiger partial charge in [-0.05, 0) is 12.1 Å². The maximum absolute atomic E-state index is 11.4. The van der Waals surface area contributed by atoms with E-state index in [0.717, 1.165) is 5.52 Å². The third-order valence-electron chi connectivity index (χ3n) is 2.49. The van der Waals surface area contributed by atoms with E-state index in [2.05, 4.69) is 19.8 Å². The van der Waals surface area contributed by atoms with Gasteiger partial charge in [0.05, 0.1) is 30.6 Å². The van der Waals surface area contributed by atoms with Gasteiger partial charge in [0.15, 0.2) is 5.65 Å². The molecule has 6 heteroatoms. The molecule has 0 spiro atoms. The molecule has 0 N–H and O–H groups in total. The van der Waals surface area contributed by atoms with Gasteiger partial charge in [0.2, 0.25) is 0 Å². The molecule has 0 aliphatic rings. The van der Waals surface area contributed by atoms with Gasteiger partial charge in [-0.1, -0.05) is 0 Å². The van der Waals surface area contributed by atoms with E-state index in [1.807, 2.05) is 6.07 Å². The van der Waals surface area contributed by atoms with Gasteiger partial charge in [-0.2, -0.15) is 5.10 Å². The molecule has 3 aromatic rings. The maximum Gasteiger partial charge on any atom is 0.339 e. The third kappa shape index (κ3) is 1.42. The number of aromatic nitrogens is 4. The van der Waals surface area contributed by atoms with E-state index >= 15 is 0 Å². The molecule has 3 rings (SSSR count). The first-order chi connectivity index (χ1) is 8.29. The summed E-state index contributed by atoms with van der Waals surface area (Å²) in [4.78, 5) is 19.7. The van der Waals surface area contributed by atoms with E-state index < -0.39 is 5.97 Å². The van der Waals surface area contributed by atoms with E-state index in [1.165, 1.54) is 13.3 Å². The highest BCUT2D eigenvalue weighted by molar-refractivity contribution is 5.92. The summed E-state index contributed by atoms with van der Waals surface area (Å²) in [5, 5.41) is 4.16. The zero-order valence-corrected chi connectivity index (χ0v) is 8.99. The summed E-state index contributed by atoms with van der Waals surface area (Å²) >= 11 is 0. The molecule has 0 amide bonds. The van der Waals surface area contributed by atoms with Crippen LogP contribution in [-0.2, 0) is 4.74 Å². The van der Waals surface area contributed by atoms with Crippen LogP contribution in [0, 0.1) is 0 Å². The molecule has 0 aromatic carbocycles. The van der Waals surface area contributed by atoms with E-state index in [9.17, 15) is 4.79 Å². The fraction of sp³-hybridized carbons (Fsp3) is 0.0909. The summed E-state index contributed by atoms with van der Waals surface area (Å²) in [6.07, 6.45) is 4.79. The van der Waals surface area contributed by atoms with Crippen molar-refractivity contribution in [3.63, 3.8) is 0 Å². The fourth-order valence-corrected chi connectivity index (χ4v) is 1.67. The van der Waals surface area contributed by atoms with Crippen molar-refractivity contribution in [3.8, 4) is 0 Å². The van der Waals surface area contributed by atoms with Gasteiger partial charge in [-0.3, -0.25) is 0 Å². The third-order valence-corrected chi connectivity index (χ3v) is 2.49. The average Bonchev–Trinajstić information content (AvgIpc) is 2.85. The van der Waals surface area contributed by atoms with Crippen LogP contribution in [0.3, 0.4) is 0 Å². The molecule has 3 heterocycles. The first-order valence-electron chi connectivity index (χ1n) is 4.96. The number of carbonyl (C=O) groups is 1. The number of rotatable bonds is 1. The van der Waals surface area contributed by atoms with Gasteiger partial charge in [-0.25, -0.2) is 19.3 Å². The topological polar surface area (TPSA) is 69.4 Å². The Morgan fingerprint density at radius 1 is 1.35 bits per heavy atom. The smallest absolute Gasteiger partial charge is 0.339 e. The monoisotopic (exact) mass is 228 g/mol. The molecule has 17 heavy (non-hydrogen) atoms. The van der Waals surface area contributed by atoms with Crippen LogP contribution in [-0.4, -0.2) is 32.7 Å². The molecule has 0 unspecified atom stereocenters. The molecule has 0 atom stereocenters. The maximum atomic E-state index is 11.4.